The maximum atomic E-state index is 11.6. The van der Waals surface area contributed by atoms with Gasteiger partial charge in [-0.25, -0.2) is 4.79 Å². The summed E-state index contributed by atoms with van der Waals surface area (Å²) in [6, 6.07) is 0. The van der Waals surface area contributed by atoms with Gasteiger partial charge in [0, 0.05) is 12.5 Å². The van der Waals surface area contributed by atoms with Gasteiger partial charge in [0.1, 0.15) is 6.10 Å². The van der Waals surface area contributed by atoms with Crippen molar-refractivity contribution in [3.05, 3.63) is 11.6 Å². The average Bonchev–Trinajstić information content (AvgIpc) is 2.80. The van der Waals surface area contributed by atoms with Crippen molar-refractivity contribution in [1.82, 2.24) is 0 Å². The Bertz CT molecular complexity index is 377. The van der Waals surface area contributed by atoms with Crippen molar-refractivity contribution in [3.8, 4) is 0 Å². The molecule has 0 aromatic carbocycles. The fraction of sp³-hybridized carbons (Fsp3) is 0.667. The van der Waals surface area contributed by atoms with Crippen LogP contribution < -0.4 is 0 Å². The van der Waals surface area contributed by atoms with E-state index in [4.69, 9.17) is 9.47 Å². The molecule has 0 aliphatic heterocycles. The summed E-state index contributed by atoms with van der Waals surface area (Å²) < 4.78 is 10.0. The van der Waals surface area contributed by atoms with Crippen molar-refractivity contribution in [2.75, 3.05) is 7.11 Å². The van der Waals surface area contributed by atoms with E-state index in [-0.39, 0.29) is 28.8 Å². The zero-order chi connectivity index (χ0) is 12.6. The zero-order valence-corrected chi connectivity index (χ0v) is 11.4. The van der Waals surface area contributed by atoms with E-state index in [2.05, 4.69) is 15.9 Å². The van der Waals surface area contributed by atoms with E-state index in [0.717, 1.165) is 12.0 Å². The molecule has 2 rings (SSSR count). The second kappa shape index (κ2) is 4.80. The number of allylic oxidation sites excluding steroid dienone is 1. The van der Waals surface area contributed by atoms with Crippen LogP contribution in [-0.2, 0) is 19.1 Å². The van der Waals surface area contributed by atoms with Crippen molar-refractivity contribution in [3.63, 3.8) is 0 Å². The lowest BCUT2D eigenvalue weighted by Crippen LogP contribution is -2.24. The second-order valence-electron chi connectivity index (χ2n) is 4.49. The van der Waals surface area contributed by atoms with Crippen molar-refractivity contribution >= 4 is 27.9 Å². The number of esters is 2. The van der Waals surface area contributed by atoms with Crippen LogP contribution in [0, 0.1) is 11.8 Å². The Kier molecular flexibility index (Phi) is 3.56. The van der Waals surface area contributed by atoms with Crippen LogP contribution in [0.1, 0.15) is 19.8 Å². The first-order valence-electron chi connectivity index (χ1n) is 5.64. The van der Waals surface area contributed by atoms with Gasteiger partial charge in [0.15, 0.2) is 0 Å². The van der Waals surface area contributed by atoms with Crippen LogP contribution in [0.2, 0.25) is 0 Å². The van der Waals surface area contributed by atoms with E-state index >= 15 is 0 Å². The lowest BCUT2D eigenvalue weighted by molar-refractivity contribution is -0.145. The molecule has 0 radical (unpaired) electrons. The molecule has 0 unspecified atom stereocenters. The zero-order valence-electron chi connectivity index (χ0n) is 9.81. The lowest BCUT2D eigenvalue weighted by atomic mass is 9.95. The Morgan fingerprint density at radius 1 is 1.47 bits per heavy atom. The van der Waals surface area contributed by atoms with Crippen LogP contribution in [-0.4, -0.2) is 30.0 Å². The van der Waals surface area contributed by atoms with Gasteiger partial charge in [0.2, 0.25) is 0 Å². The number of carbonyl (C=O) groups excluding carboxylic acids is 2. The topological polar surface area (TPSA) is 52.6 Å². The van der Waals surface area contributed by atoms with Crippen LogP contribution in [0.3, 0.4) is 0 Å². The minimum Gasteiger partial charge on any atom is -0.466 e. The third kappa shape index (κ3) is 2.25. The van der Waals surface area contributed by atoms with E-state index in [1.165, 1.54) is 14.0 Å². The Hall–Kier alpha value is -0.840. The van der Waals surface area contributed by atoms with Gasteiger partial charge in [0.05, 0.1) is 11.9 Å². The highest BCUT2D eigenvalue weighted by molar-refractivity contribution is 9.09. The second-order valence-corrected chi connectivity index (χ2v) is 5.54. The Morgan fingerprint density at radius 3 is 2.76 bits per heavy atom. The summed E-state index contributed by atoms with van der Waals surface area (Å²) >= 11 is 3.58. The van der Waals surface area contributed by atoms with Crippen LogP contribution in [0.25, 0.3) is 0 Å². The molecule has 0 spiro atoms. The number of rotatable bonds is 2. The summed E-state index contributed by atoms with van der Waals surface area (Å²) in [7, 11) is 1.39. The van der Waals surface area contributed by atoms with Gasteiger partial charge in [-0.1, -0.05) is 22.0 Å². The number of halogens is 1. The molecular formula is C12H15BrO4. The molecule has 17 heavy (non-hydrogen) atoms. The van der Waals surface area contributed by atoms with Crippen LogP contribution >= 0.6 is 15.9 Å². The maximum Gasteiger partial charge on any atom is 0.333 e. The van der Waals surface area contributed by atoms with E-state index in [9.17, 15) is 9.59 Å². The predicted octanol–water partition coefficient (Wildman–Crippen LogP) is 1.82. The number of ether oxygens (including phenoxy) is 2. The van der Waals surface area contributed by atoms with Crippen molar-refractivity contribution in [1.29, 1.82) is 0 Å². The van der Waals surface area contributed by atoms with Crippen LogP contribution in [0.15, 0.2) is 11.6 Å². The van der Waals surface area contributed by atoms with Gasteiger partial charge in [0.25, 0.3) is 0 Å². The molecule has 0 saturated heterocycles. The molecule has 4 atom stereocenters. The van der Waals surface area contributed by atoms with Gasteiger partial charge in [-0.3, -0.25) is 4.79 Å². The van der Waals surface area contributed by atoms with Gasteiger partial charge in [-0.15, -0.1) is 0 Å². The van der Waals surface area contributed by atoms with Gasteiger partial charge in [-0.2, -0.15) is 0 Å². The number of fused-ring (bicyclic) bond motifs is 1. The van der Waals surface area contributed by atoms with Crippen LogP contribution in [0.4, 0.5) is 0 Å². The predicted molar refractivity (Wildman–Crippen MR) is 64.6 cm³/mol. The average molecular weight is 303 g/mol. The lowest BCUT2D eigenvalue weighted by Gasteiger charge is -2.17. The fourth-order valence-electron chi connectivity index (χ4n) is 2.80. The molecule has 0 amide bonds. The normalized spacial score (nSPS) is 35.1. The van der Waals surface area contributed by atoms with E-state index in [0.29, 0.717) is 12.3 Å². The highest BCUT2D eigenvalue weighted by atomic mass is 79.9. The number of alkyl halides is 1. The molecule has 2 aliphatic rings. The summed E-state index contributed by atoms with van der Waals surface area (Å²) in [5, 5.41) is 0. The fourth-order valence-corrected chi connectivity index (χ4v) is 3.71. The first kappa shape index (κ1) is 12.6. The largest absolute Gasteiger partial charge is 0.466 e. The quantitative estimate of drug-likeness (QED) is 0.577. The summed E-state index contributed by atoms with van der Waals surface area (Å²) in [4.78, 5) is 22.7. The minimum atomic E-state index is -0.275. The highest BCUT2D eigenvalue weighted by Crippen LogP contribution is 2.48. The van der Waals surface area contributed by atoms with Crippen molar-refractivity contribution in [2.24, 2.45) is 11.8 Å². The van der Waals surface area contributed by atoms with Gasteiger partial charge >= 0.3 is 11.9 Å². The van der Waals surface area contributed by atoms with Crippen LogP contribution in [0.5, 0.6) is 0 Å². The summed E-state index contributed by atoms with van der Waals surface area (Å²) in [6.07, 6.45) is 3.33. The SMILES string of the molecule is COC(=O)C1=CC[C@H]2[C@H](Br)[C@@H](OC(C)=O)C[C@@H]12. The molecule has 0 bridgehead atoms. The highest BCUT2D eigenvalue weighted by Gasteiger charge is 2.48. The molecule has 94 valence electrons. The van der Waals surface area contributed by atoms with Crippen molar-refractivity contribution in [2.45, 2.75) is 30.7 Å². The van der Waals surface area contributed by atoms with E-state index < -0.39 is 0 Å². The number of carbonyl (C=O) groups is 2. The Labute approximate surface area is 108 Å². The minimum absolute atomic E-state index is 0.120. The standard InChI is InChI=1S/C12H15BrO4/c1-6(14)17-10-5-9-7(11(10)13)3-4-8(9)12(15)16-2/h4,7,9-11H,3,5H2,1-2H3/t7-,9-,10+,11+/m1/s1. The summed E-state index contributed by atoms with van der Waals surface area (Å²) in [6.45, 7) is 1.41. The number of hydrogen-bond donors (Lipinski definition) is 0. The van der Waals surface area contributed by atoms with E-state index in [1.807, 2.05) is 6.08 Å². The molecular weight excluding hydrogens is 288 g/mol. The Balaban J connectivity index is 2.09. The molecule has 0 aromatic heterocycles. The monoisotopic (exact) mass is 302 g/mol. The van der Waals surface area contributed by atoms with E-state index in [1.54, 1.807) is 0 Å². The molecule has 4 nitrogen and oxygen atoms in total. The molecule has 1 saturated carbocycles. The molecule has 0 heterocycles. The number of methoxy groups -OCH3 is 1. The molecule has 0 N–H and O–H groups in total. The summed E-state index contributed by atoms with van der Waals surface area (Å²) in [5.41, 5.74) is 0.733. The third-order valence-corrected chi connectivity index (χ3v) is 4.78. The Morgan fingerprint density at radius 2 is 2.18 bits per heavy atom. The summed E-state index contributed by atoms with van der Waals surface area (Å²) in [5.74, 6) is -0.0617. The number of hydrogen-bond acceptors (Lipinski definition) is 4. The third-order valence-electron chi connectivity index (χ3n) is 3.52. The first-order chi connectivity index (χ1) is 8.04. The first-order valence-corrected chi connectivity index (χ1v) is 6.55. The molecule has 5 heteroatoms. The molecule has 1 fully saturated rings. The molecule has 0 aromatic rings. The van der Waals surface area contributed by atoms with Crippen molar-refractivity contribution < 1.29 is 19.1 Å². The van der Waals surface area contributed by atoms with Gasteiger partial charge < -0.3 is 9.47 Å². The van der Waals surface area contributed by atoms with Gasteiger partial charge in [-0.05, 0) is 24.7 Å². The smallest absolute Gasteiger partial charge is 0.333 e. The maximum absolute atomic E-state index is 11.6. The molecule has 2 aliphatic carbocycles.